The highest BCUT2D eigenvalue weighted by Crippen LogP contribution is 2.41. The molecule has 0 saturated heterocycles. The van der Waals surface area contributed by atoms with E-state index in [9.17, 15) is 72.9 Å². The molecule has 1 heterocycles. The van der Waals surface area contributed by atoms with Crippen molar-refractivity contribution >= 4 is 152 Å². The molecule has 0 bridgehead atoms. The normalized spacial score (nSPS) is 13.0. The van der Waals surface area contributed by atoms with E-state index in [1.165, 1.54) is 42.5 Å². The Balaban J connectivity index is 1.45. The van der Waals surface area contributed by atoms with Gasteiger partial charge in [-0.2, -0.15) is 0 Å². The quantitative estimate of drug-likeness (QED) is 0.00570. The first-order valence-corrected chi connectivity index (χ1v) is 45.9. The Morgan fingerprint density at radius 2 is 0.674 bits per heavy atom. The molecule has 0 fully saturated rings. The number of phenols is 1. The number of phenolic OH excluding ortho intramolecular Hbond substituents is 1. The summed E-state index contributed by atoms with van der Waals surface area (Å²) in [7, 11) is 7.43. The van der Waals surface area contributed by atoms with Crippen LogP contribution in [-0.2, 0) is 64.0 Å². The van der Waals surface area contributed by atoms with Crippen molar-refractivity contribution in [3.05, 3.63) is 95.6 Å². The number of primary amides is 1. The number of carboxylic acid groups (broad SMARTS) is 2. The average molecular weight is 1970 g/mol. The largest absolute Gasteiger partial charge is 0.508 e. The van der Waals surface area contributed by atoms with E-state index in [-0.39, 0.29) is 196 Å². The SMILES string of the molecule is CN(C)c1ccc2c(-c3ccc(C(=O)N[C@@H](Cc4ccc(O)cc4)C(=O)NCC(=O)N[C@@H](CCCNC(=N)N)C(=O)N[C@@H](CCCCN)C(=O)N[C@@H](CCCCN)C(=O)N[C@@H](CCCNC(=N)N)C(=O)N[C@@H](CCCNC(=N)N)C(=O)N[C@@H](CCC(N)=O)C(=O)N[C@@H](CCCNC(=N)N)C(=O)N[C@@H](CCCNC(=N)N)C(=O)N[C@@H](CCCNC(=N)N)C(=O)O)cc3C(=O)O)c3ccc(N(C)C)cc3[o+]c2c1. The number of unbranched alkanes of at least 4 members (excludes halogenated alkanes) is 2. The molecule has 44 N–H and O–H groups in total. The number of hydrogen-bond acceptors (Lipinski definition) is 25. The van der Waals surface area contributed by atoms with Gasteiger partial charge >= 0.3 is 23.1 Å². The third-order valence-electron chi connectivity index (χ3n) is 22.1. The van der Waals surface area contributed by atoms with Crippen LogP contribution >= 0.6 is 0 Å². The van der Waals surface area contributed by atoms with Crippen molar-refractivity contribution in [1.82, 2.24) is 90.4 Å². The first kappa shape index (κ1) is 116. The minimum Gasteiger partial charge on any atom is -0.508 e. The Bertz CT molecular complexity index is 5140. The number of fused-ring (bicyclic) bond motifs is 2. The van der Waals surface area contributed by atoms with E-state index in [4.69, 9.17) is 88.5 Å². The highest BCUT2D eigenvalue weighted by Gasteiger charge is 2.38. The molecule has 4 aromatic carbocycles. The fourth-order valence-electron chi connectivity index (χ4n) is 14.7. The van der Waals surface area contributed by atoms with E-state index in [0.717, 1.165) is 11.4 Å². The minimum absolute atomic E-state index is 0.00214. The molecule has 0 radical (unpaired) electrons. The maximum absolute atomic E-state index is 15.0. The lowest BCUT2D eigenvalue weighted by molar-refractivity contribution is -0.142. The summed E-state index contributed by atoms with van der Waals surface area (Å²) in [5.41, 5.74) is 53.7. The number of anilines is 2. The number of benzene rings is 4. The molecule has 772 valence electrons. The molecule has 5 aromatic rings. The average Bonchev–Trinajstić information content (AvgIpc) is 0.741. The number of rotatable bonds is 64. The fraction of sp³-hybridized carbons (Fsp3) is 0.494. The number of aliphatic carboxylic acids is 1. The fourth-order valence-corrected chi connectivity index (χ4v) is 14.7. The van der Waals surface area contributed by atoms with Gasteiger partial charge in [-0.05, 0) is 195 Å². The standard InChI is InChI=1S/C89H138N34O18/c1-122(2)50-26-31-54-67(45-50)141-68-46-51(123(3)4)27-32-55(68)71(54)53-30-25-49(44-56(53)82(137)138)72(127)121-66(43-48-23-28-52(124)29-24-48)73(128)111-47-70(126)112-57(17-9-37-105-84(93)94)74(129)113-58(15-5-7-35-90)75(130)114-59(16-6-8-36-91)76(131)115-60(18-10-38-106-85(95)96)77(132)116-62(20-12-40-108-87(99)100)79(134)119-64(33-34-69(92)125)81(136)118-61(19-11-39-107-86(97)98)78(133)117-63(21-13-41-109-88(101)102)80(135)120-65(83(139)140)22-14-42-110-89(103)104/h23-32,44-46,57-66H,5-22,33-43,47,90-91H2,1-4H3,(H39-,92,93,94,95,96,97,98,99,100,101,102,103,104,105,106,107,108,109,110,111,112,113,114,115,116,117,118,119,120,121,124,125,126,127,128,129,130,131,132,133,134,135,136,137,138,139,140)/p+1/t57-,58-,59-,60-,61-,62-,63-,64-,65-,66-/m0/s1. The van der Waals surface area contributed by atoms with Crippen molar-refractivity contribution in [3.8, 4) is 16.9 Å². The molecular weight excluding hydrogens is 1830 g/mol. The lowest BCUT2D eigenvalue weighted by Gasteiger charge is -2.28. The van der Waals surface area contributed by atoms with Gasteiger partial charge in [0.2, 0.25) is 65.0 Å². The van der Waals surface area contributed by atoms with Gasteiger partial charge in [0.1, 0.15) is 66.2 Å². The molecule has 12 amide bonds. The molecule has 5 rings (SSSR count). The van der Waals surface area contributed by atoms with Crippen molar-refractivity contribution in [2.75, 3.05) is 96.9 Å². The Hall–Kier alpha value is -15.9. The van der Waals surface area contributed by atoms with E-state index in [0.29, 0.717) is 39.5 Å². The smallest absolute Gasteiger partial charge is 0.363 e. The molecule has 0 spiro atoms. The van der Waals surface area contributed by atoms with Crippen molar-refractivity contribution in [2.24, 2.45) is 51.6 Å². The van der Waals surface area contributed by atoms with E-state index in [1.807, 2.05) is 74.4 Å². The van der Waals surface area contributed by atoms with Crippen LogP contribution in [0.4, 0.5) is 11.4 Å². The Labute approximate surface area is 814 Å². The van der Waals surface area contributed by atoms with E-state index >= 15 is 9.59 Å². The molecular formula is C89H139N34O18+. The van der Waals surface area contributed by atoms with Crippen LogP contribution in [0, 0.1) is 32.5 Å². The van der Waals surface area contributed by atoms with Gasteiger partial charge in [-0.1, -0.05) is 18.2 Å². The Morgan fingerprint density at radius 3 is 0.986 bits per heavy atom. The molecule has 141 heavy (non-hydrogen) atoms. The van der Waals surface area contributed by atoms with E-state index < -0.39 is 192 Å². The number of nitrogens with zero attached hydrogens (tertiary/aromatic N) is 2. The molecule has 0 aliphatic rings. The summed E-state index contributed by atoms with van der Waals surface area (Å²) in [5, 5.41) is 122. The summed E-state index contributed by atoms with van der Waals surface area (Å²) in [4.78, 5) is 204. The first-order valence-electron chi connectivity index (χ1n) is 45.9. The molecule has 1 aromatic heterocycles. The van der Waals surface area contributed by atoms with Gasteiger partial charge < -0.3 is 167 Å². The maximum Gasteiger partial charge on any atom is 0.363 e. The predicted molar refractivity (Wildman–Crippen MR) is 529 cm³/mol. The predicted octanol–water partition coefficient (Wildman–Crippen LogP) is -4.92. The number of amides is 12. The van der Waals surface area contributed by atoms with Gasteiger partial charge in [-0.15, -0.1) is 0 Å². The third kappa shape index (κ3) is 41.5. The minimum atomic E-state index is -1.78. The van der Waals surface area contributed by atoms with Crippen LogP contribution in [0.3, 0.4) is 0 Å². The van der Waals surface area contributed by atoms with Crippen molar-refractivity contribution in [1.29, 1.82) is 32.5 Å². The number of carbonyl (C=O) groups is 14. The van der Waals surface area contributed by atoms with Crippen LogP contribution in [-0.4, -0.2) is 281 Å². The van der Waals surface area contributed by atoms with Crippen LogP contribution < -0.4 is 152 Å². The highest BCUT2D eigenvalue weighted by molar-refractivity contribution is 6.14. The lowest BCUT2D eigenvalue weighted by atomic mass is 9.91. The van der Waals surface area contributed by atoms with Gasteiger partial charge in [-0.3, -0.25) is 90.0 Å². The van der Waals surface area contributed by atoms with Crippen molar-refractivity contribution in [3.63, 3.8) is 0 Å². The van der Waals surface area contributed by atoms with Gasteiger partial charge in [0, 0.05) is 103 Å². The van der Waals surface area contributed by atoms with E-state index in [2.05, 4.69) is 90.4 Å². The molecule has 52 nitrogen and oxygen atoms in total. The number of carboxylic acids is 2. The van der Waals surface area contributed by atoms with Gasteiger partial charge in [0.25, 0.3) is 5.91 Å². The highest BCUT2D eigenvalue weighted by atomic mass is 16.4. The van der Waals surface area contributed by atoms with Crippen LogP contribution in [0.2, 0.25) is 0 Å². The summed E-state index contributed by atoms with van der Waals surface area (Å²) in [6, 6.07) is 4.82. The van der Waals surface area contributed by atoms with Crippen molar-refractivity contribution < 1.29 is 86.9 Å². The second kappa shape index (κ2) is 59.9. The molecule has 0 aliphatic heterocycles. The zero-order chi connectivity index (χ0) is 105. The number of hydrogen-bond donors (Lipinski definition) is 35. The number of aromatic carboxylic acids is 1. The van der Waals surface area contributed by atoms with Gasteiger partial charge in [0.15, 0.2) is 35.8 Å². The monoisotopic (exact) mass is 1970 g/mol. The van der Waals surface area contributed by atoms with Crippen LogP contribution in [0.5, 0.6) is 5.75 Å². The zero-order valence-electron chi connectivity index (χ0n) is 79.5. The summed E-state index contributed by atoms with van der Waals surface area (Å²) < 4.78 is 6.47. The molecule has 0 unspecified atom stereocenters. The summed E-state index contributed by atoms with van der Waals surface area (Å²) in [6.07, 6.45) is -2.07. The van der Waals surface area contributed by atoms with Crippen LogP contribution in [0.25, 0.3) is 33.1 Å². The summed E-state index contributed by atoms with van der Waals surface area (Å²) in [6.45, 7) is -0.770. The summed E-state index contributed by atoms with van der Waals surface area (Å²) in [5.74, 6) is -17.6. The number of nitrogens with two attached hydrogens (primary N) is 9. The molecule has 10 atom stereocenters. The number of nitrogens with one attached hydrogen (secondary N) is 23. The first-order chi connectivity index (χ1) is 66.9. The second-order valence-corrected chi connectivity index (χ2v) is 33.7. The lowest BCUT2D eigenvalue weighted by Crippen LogP contribution is -2.60. The maximum atomic E-state index is 15.0. The topological polar surface area (TPSA) is 899 Å². The zero-order valence-corrected chi connectivity index (χ0v) is 79.5. The molecule has 52 heteroatoms. The Morgan fingerprint density at radius 1 is 0.355 bits per heavy atom. The van der Waals surface area contributed by atoms with E-state index in [1.54, 1.807) is 0 Å². The second-order valence-electron chi connectivity index (χ2n) is 33.7. The number of aromatic hydroxyl groups is 1. The summed E-state index contributed by atoms with van der Waals surface area (Å²) >= 11 is 0. The third-order valence-corrected chi connectivity index (χ3v) is 22.1. The van der Waals surface area contributed by atoms with Crippen LogP contribution in [0.1, 0.15) is 155 Å². The number of carbonyl (C=O) groups excluding carboxylic acids is 12. The van der Waals surface area contributed by atoms with Gasteiger partial charge in [0.05, 0.1) is 35.0 Å². The number of guanidine groups is 6. The Kier molecular flexibility index (Phi) is 49.1. The molecule has 0 saturated carbocycles. The van der Waals surface area contributed by atoms with Gasteiger partial charge in [-0.25, -0.2) is 14.0 Å². The van der Waals surface area contributed by atoms with Crippen molar-refractivity contribution in [2.45, 2.75) is 195 Å². The molecule has 0 aliphatic carbocycles. The van der Waals surface area contributed by atoms with Crippen LogP contribution in [0.15, 0.2) is 83.3 Å².